The quantitative estimate of drug-likeness (QED) is 0.846. The first-order chi connectivity index (χ1) is 10.8. The largest absolute Gasteiger partial charge is 0.366 e. The minimum atomic E-state index is -0.443. The summed E-state index contributed by atoms with van der Waals surface area (Å²) in [6, 6.07) is 13.1. The highest BCUT2D eigenvalue weighted by Crippen LogP contribution is 2.33. The van der Waals surface area contributed by atoms with Gasteiger partial charge in [0.25, 0.3) is 0 Å². The number of carbonyl (C=O) groups excluding carboxylic acids is 1. The maximum atomic E-state index is 11.4. The Balaban J connectivity index is 2.66. The number of nitrogens with two attached hydrogens (primary N) is 1. The Kier molecular flexibility index (Phi) is 4.88. The molecule has 4 heteroatoms. The second-order valence-corrected chi connectivity index (χ2v) is 5.87. The number of nitrogens with zero attached hydrogens (tertiary/aromatic N) is 1. The monoisotopic (exact) mass is 324 g/mol. The third kappa shape index (κ3) is 3.44. The lowest BCUT2D eigenvalue weighted by Gasteiger charge is -2.15. The van der Waals surface area contributed by atoms with Crippen LogP contribution in [0.1, 0.15) is 30.5 Å². The molecule has 0 atom stereocenters. The fourth-order valence-electron chi connectivity index (χ4n) is 2.48. The maximum absolute atomic E-state index is 11.4. The number of primary amides is 1. The maximum Gasteiger partial charge on any atom is 0.244 e. The third-order valence-electron chi connectivity index (χ3n) is 4.03. The van der Waals surface area contributed by atoms with Crippen LogP contribution in [0, 0.1) is 18.3 Å². The minimum absolute atomic E-state index is 0.443. The van der Waals surface area contributed by atoms with E-state index in [0.717, 1.165) is 27.8 Å². The van der Waals surface area contributed by atoms with E-state index >= 15 is 0 Å². The number of nitriles is 1. The van der Waals surface area contributed by atoms with Gasteiger partial charge in [-0.05, 0) is 72.9 Å². The van der Waals surface area contributed by atoms with E-state index in [0.29, 0.717) is 16.2 Å². The molecule has 1 amide bonds. The Hall–Kier alpha value is -2.57. The molecule has 0 aromatic heterocycles. The highest BCUT2D eigenvalue weighted by Gasteiger charge is 2.13. The summed E-state index contributed by atoms with van der Waals surface area (Å²) in [6.45, 7) is 5.55. The van der Waals surface area contributed by atoms with Crippen molar-refractivity contribution in [2.75, 3.05) is 0 Å². The van der Waals surface area contributed by atoms with Gasteiger partial charge < -0.3 is 5.73 Å². The van der Waals surface area contributed by atoms with Crippen LogP contribution in [-0.4, -0.2) is 5.91 Å². The van der Waals surface area contributed by atoms with Crippen LogP contribution < -0.4 is 5.73 Å². The summed E-state index contributed by atoms with van der Waals surface area (Å²) in [7, 11) is 0. The van der Waals surface area contributed by atoms with E-state index in [-0.39, 0.29) is 0 Å². The van der Waals surface area contributed by atoms with Crippen LogP contribution in [-0.2, 0) is 4.79 Å². The molecule has 2 aromatic carbocycles. The van der Waals surface area contributed by atoms with Gasteiger partial charge in [-0.2, -0.15) is 5.26 Å². The van der Waals surface area contributed by atoms with Crippen molar-refractivity contribution in [2.45, 2.75) is 20.8 Å². The smallest absolute Gasteiger partial charge is 0.244 e. The predicted molar refractivity (Wildman–Crippen MR) is 93.8 cm³/mol. The first-order valence-electron chi connectivity index (χ1n) is 7.13. The molecular formula is C19H17ClN2O. The van der Waals surface area contributed by atoms with Crippen molar-refractivity contribution < 1.29 is 4.79 Å². The van der Waals surface area contributed by atoms with Gasteiger partial charge >= 0.3 is 0 Å². The summed E-state index contributed by atoms with van der Waals surface area (Å²) in [5.74, 6) is -0.443. The normalized spacial score (nSPS) is 11.6. The number of carbonyl (C=O) groups is 1. The molecule has 0 saturated carbocycles. The van der Waals surface area contributed by atoms with Crippen LogP contribution in [0.15, 0.2) is 42.0 Å². The molecule has 0 unspecified atom stereocenters. The molecule has 0 heterocycles. The zero-order chi connectivity index (χ0) is 17.1. The number of halogens is 1. The molecule has 2 rings (SSSR count). The highest BCUT2D eigenvalue weighted by molar-refractivity contribution is 6.31. The van der Waals surface area contributed by atoms with E-state index in [2.05, 4.69) is 6.07 Å². The van der Waals surface area contributed by atoms with Gasteiger partial charge in [-0.3, -0.25) is 4.79 Å². The van der Waals surface area contributed by atoms with Crippen molar-refractivity contribution >= 4 is 23.1 Å². The van der Waals surface area contributed by atoms with Crippen molar-refractivity contribution in [3.05, 3.63) is 63.7 Å². The van der Waals surface area contributed by atoms with Gasteiger partial charge in [0.05, 0.1) is 11.6 Å². The molecule has 2 N–H and O–H groups in total. The van der Waals surface area contributed by atoms with E-state index < -0.39 is 5.91 Å². The Morgan fingerprint density at radius 2 is 1.78 bits per heavy atom. The van der Waals surface area contributed by atoms with E-state index in [1.54, 1.807) is 19.1 Å². The number of hydrogen-bond donors (Lipinski definition) is 1. The second-order valence-electron chi connectivity index (χ2n) is 5.43. The molecule has 0 bridgehead atoms. The number of amides is 1. The van der Waals surface area contributed by atoms with Gasteiger partial charge in [-0.25, -0.2) is 0 Å². The third-order valence-corrected chi connectivity index (χ3v) is 4.25. The molecule has 23 heavy (non-hydrogen) atoms. The highest BCUT2D eigenvalue weighted by atomic mass is 35.5. The summed E-state index contributed by atoms with van der Waals surface area (Å²) in [5.41, 5.74) is 11.2. The van der Waals surface area contributed by atoms with Gasteiger partial charge in [0, 0.05) is 10.6 Å². The fourth-order valence-corrected chi connectivity index (χ4v) is 2.70. The van der Waals surface area contributed by atoms with Crippen molar-refractivity contribution in [3.8, 4) is 17.2 Å². The van der Waals surface area contributed by atoms with Gasteiger partial charge in [-0.1, -0.05) is 23.7 Å². The number of allylic oxidation sites excluding steroid dienone is 1. The first kappa shape index (κ1) is 16.8. The van der Waals surface area contributed by atoms with Gasteiger partial charge in [0.1, 0.15) is 0 Å². The van der Waals surface area contributed by atoms with Crippen LogP contribution >= 0.6 is 11.6 Å². The molecule has 0 saturated heterocycles. The van der Waals surface area contributed by atoms with Crippen molar-refractivity contribution in [1.82, 2.24) is 0 Å². The summed E-state index contributed by atoms with van der Waals surface area (Å²) in [5, 5.41) is 9.49. The minimum Gasteiger partial charge on any atom is -0.366 e. The summed E-state index contributed by atoms with van der Waals surface area (Å²) >= 11 is 6.27. The number of hydrogen-bond acceptors (Lipinski definition) is 2. The van der Waals surface area contributed by atoms with Crippen molar-refractivity contribution in [1.29, 1.82) is 5.26 Å². The topological polar surface area (TPSA) is 66.9 Å². The fraction of sp³-hybridized carbons (Fsp3) is 0.158. The van der Waals surface area contributed by atoms with Crippen molar-refractivity contribution in [2.24, 2.45) is 5.73 Å². The van der Waals surface area contributed by atoms with Crippen LogP contribution in [0.4, 0.5) is 0 Å². The van der Waals surface area contributed by atoms with Gasteiger partial charge in [0.15, 0.2) is 0 Å². The molecule has 116 valence electrons. The molecule has 0 aliphatic rings. The van der Waals surface area contributed by atoms with E-state index in [9.17, 15) is 4.79 Å². The molecule has 0 aliphatic heterocycles. The summed E-state index contributed by atoms with van der Waals surface area (Å²) in [4.78, 5) is 11.4. The van der Waals surface area contributed by atoms with Crippen LogP contribution in [0.25, 0.3) is 16.7 Å². The lowest BCUT2D eigenvalue weighted by Crippen LogP contribution is -2.13. The SMILES string of the molecule is C/C(C(N)=O)=C(/C)c1cc(Cl)cc(-c2ccc(C#N)cc2)c1C. The zero-order valence-electron chi connectivity index (χ0n) is 13.3. The molecule has 0 radical (unpaired) electrons. The summed E-state index contributed by atoms with van der Waals surface area (Å²) < 4.78 is 0. The van der Waals surface area contributed by atoms with Gasteiger partial charge in [-0.15, -0.1) is 0 Å². The van der Waals surface area contributed by atoms with E-state index in [1.807, 2.05) is 38.1 Å². The molecule has 3 nitrogen and oxygen atoms in total. The van der Waals surface area contributed by atoms with Crippen molar-refractivity contribution in [3.63, 3.8) is 0 Å². The molecule has 0 aliphatic carbocycles. The lowest BCUT2D eigenvalue weighted by molar-refractivity contribution is -0.114. The molecule has 0 spiro atoms. The Morgan fingerprint density at radius 3 is 2.30 bits per heavy atom. The van der Waals surface area contributed by atoms with Crippen LogP contribution in [0.5, 0.6) is 0 Å². The Morgan fingerprint density at radius 1 is 1.17 bits per heavy atom. The second kappa shape index (κ2) is 6.68. The molecule has 0 fully saturated rings. The lowest BCUT2D eigenvalue weighted by atomic mass is 9.91. The first-order valence-corrected chi connectivity index (χ1v) is 7.51. The van der Waals surface area contributed by atoms with E-state index in [4.69, 9.17) is 22.6 Å². The van der Waals surface area contributed by atoms with Gasteiger partial charge in [0.2, 0.25) is 5.91 Å². The zero-order valence-corrected chi connectivity index (χ0v) is 14.0. The van der Waals surface area contributed by atoms with E-state index in [1.165, 1.54) is 0 Å². The number of benzene rings is 2. The van der Waals surface area contributed by atoms with Crippen LogP contribution in [0.3, 0.4) is 0 Å². The Labute approximate surface area is 141 Å². The standard InChI is InChI=1S/C19H17ClN2O/c1-11(12(2)19(22)23)17-8-16(20)9-18(13(17)3)15-6-4-14(10-21)5-7-15/h4-9H,1-3H3,(H2,22,23)/b12-11+. The number of rotatable bonds is 3. The average molecular weight is 325 g/mol. The summed E-state index contributed by atoms with van der Waals surface area (Å²) in [6.07, 6.45) is 0. The molecule has 2 aromatic rings. The molecular weight excluding hydrogens is 308 g/mol. The Bertz CT molecular complexity index is 843. The predicted octanol–water partition coefficient (Wildman–Crippen LogP) is 4.47. The average Bonchev–Trinajstić information content (AvgIpc) is 2.55. The van der Waals surface area contributed by atoms with Crippen LogP contribution in [0.2, 0.25) is 5.02 Å².